The molecule has 0 heterocycles. The zero-order valence-corrected chi connectivity index (χ0v) is 14.3. The average Bonchev–Trinajstić information content (AvgIpc) is 2.21. The third-order valence-electron chi connectivity index (χ3n) is 4.29. The van der Waals surface area contributed by atoms with Crippen LogP contribution in [0.5, 0.6) is 0 Å². The SMILES string of the molecule is CC(C)N(C)CCC(C)(C)CCN(C)C(C)(C)C. The van der Waals surface area contributed by atoms with E-state index in [1.54, 1.807) is 0 Å². The maximum atomic E-state index is 2.46. The Balaban J connectivity index is 4.08. The summed E-state index contributed by atoms with van der Waals surface area (Å²) in [5, 5.41) is 0. The standard InChI is InChI=1S/C16H36N2/c1-14(2)17(8)12-10-16(6,7)11-13-18(9)15(3,4)5/h14H,10-13H2,1-9H3. The van der Waals surface area contributed by atoms with E-state index in [-0.39, 0.29) is 5.54 Å². The van der Waals surface area contributed by atoms with Gasteiger partial charge in [-0.2, -0.15) is 0 Å². The second-order valence-corrected chi connectivity index (χ2v) is 7.83. The molecule has 0 saturated carbocycles. The fourth-order valence-corrected chi connectivity index (χ4v) is 1.67. The largest absolute Gasteiger partial charge is 0.304 e. The van der Waals surface area contributed by atoms with E-state index in [1.807, 2.05) is 0 Å². The van der Waals surface area contributed by atoms with Gasteiger partial charge in [0, 0.05) is 11.6 Å². The average molecular weight is 256 g/mol. The topological polar surface area (TPSA) is 6.48 Å². The molecule has 0 aliphatic carbocycles. The molecule has 2 nitrogen and oxygen atoms in total. The van der Waals surface area contributed by atoms with Gasteiger partial charge in [0.1, 0.15) is 0 Å². The highest BCUT2D eigenvalue weighted by Gasteiger charge is 2.23. The van der Waals surface area contributed by atoms with Crippen LogP contribution in [0.1, 0.15) is 61.3 Å². The van der Waals surface area contributed by atoms with E-state index in [2.05, 4.69) is 72.4 Å². The molecule has 0 saturated heterocycles. The van der Waals surface area contributed by atoms with Gasteiger partial charge in [0.2, 0.25) is 0 Å². The molecule has 0 unspecified atom stereocenters. The third kappa shape index (κ3) is 7.38. The highest BCUT2D eigenvalue weighted by atomic mass is 15.2. The molecule has 0 amide bonds. The van der Waals surface area contributed by atoms with Gasteiger partial charge in [0.25, 0.3) is 0 Å². The zero-order chi connectivity index (χ0) is 14.6. The van der Waals surface area contributed by atoms with E-state index < -0.39 is 0 Å². The molecule has 2 heteroatoms. The molecular formula is C16H36N2. The summed E-state index contributed by atoms with van der Waals surface area (Å²) in [6, 6.07) is 0.651. The molecule has 0 aliphatic heterocycles. The van der Waals surface area contributed by atoms with Crippen molar-refractivity contribution in [2.75, 3.05) is 27.2 Å². The molecular weight excluding hydrogens is 220 g/mol. The quantitative estimate of drug-likeness (QED) is 0.682. The Bertz CT molecular complexity index is 226. The fraction of sp³-hybridized carbons (Fsp3) is 1.00. The molecule has 0 atom stereocenters. The molecule has 0 aliphatic rings. The Morgan fingerprint density at radius 3 is 1.67 bits per heavy atom. The van der Waals surface area contributed by atoms with Gasteiger partial charge in [-0.05, 0) is 80.1 Å². The number of nitrogens with zero attached hydrogens (tertiary/aromatic N) is 2. The number of hydrogen-bond acceptors (Lipinski definition) is 2. The van der Waals surface area contributed by atoms with Gasteiger partial charge in [-0.1, -0.05) is 13.8 Å². The maximum absolute atomic E-state index is 2.46. The normalized spacial score (nSPS) is 14.0. The highest BCUT2D eigenvalue weighted by Crippen LogP contribution is 2.26. The van der Waals surface area contributed by atoms with E-state index in [0.717, 1.165) is 0 Å². The minimum Gasteiger partial charge on any atom is -0.304 e. The van der Waals surface area contributed by atoms with Crippen LogP contribution in [0.3, 0.4) is 0 Å². The van der Waals surface area contributed by atoms with Gasteiger partial charge in [-0.25, -0.2) is 0 Å². The minimum atomic E-state index is 0.283. The van der Waals surface area contributed by atoms with Crippen molar-refractivity contribution in [3.63, 3.8) is 0 Å². The van der Waals surface area contributed by atoms with Crippen molar-refractivity contribution in [1.82, 2.24) is 9.80 Å². The first kappa shape index (κ1) is 17.9. The van der Waals surface area contributed by atoms with Crippen molar-refractivity contribution >= 4 is 0 Å². The van der Waals surface area contributed by atoms with Crippen molar-refractivity contribution in [2.24, 2.45) is 5.41 Å². The maximum Gasteiger partial charge on any atom is 0.0122 e. The van der Waals surface area contributed by atoms with Crippen molar-refractivity contribution in [3.8, 4) is 0 Å². The Kier molecular flexibility index (Phi) is 6.87. The van der Waals surface area contributed by atoms with Gasteiger partial charge >= 0.3 is 0 Å². The molecule has 0 bridgehead atoms. The van der Waals surface area contributed by atoms with Crippen LogP contribution in [0.15, 0.2) is 0 Å². The first-order valence-corrected chi connectivity index (χ1v) is 7.37. The van der Waals surface area contributed by atoms with Crippen molar-refractivity contribution < 1.29 is 0 Å². The summed E-state index contributed by atoms with van der Waals surface area (Å²) < 4.78 is 0. The van der Waals surface area contributed by atoms with Crippen LogP contribution in [0.4, 0.5) is 0 Å². The molecule has 0 spiro atoms. The van der Waals surface area contributed by atoms with Crippen LogP contribution >= 0.6 is 0 Å². The summed E-state index contributed by atoms with van der Waals surface area (Å²) >= 11 is 0. The van der Waals surface area contributed by atoms with Gasteiger partial charge in [-0.15, -0.1) is 0 Å². The predicted octanol–water partition coefficient (Wildman–Crippen LogP) is 3.86. The smallest absolute Gasteiger partial charge is 0.0122 e. The molecule has 0 fully saturated rings. The lowest BCUT2D eigenvalue weighted by molar-refractivity contribution is 0.136. The molecule has 0 aromatic rings. The Labute approximate surface area is 116 Å². The lowest BCUT2D eigenvalue weighted by Gasteiger charge is -2.36. The van der Waals surface area contributed by atoms with E-state index in [0.29, 0.717) is 11.5 Å². The van der Waals surface area contributed by atoms with Gasteiger partial charge in [0.15, 0.2) is 0 Å². The lowest BCUT2D eigenvalue weighted by Crippen LogP contribution is -2.40. The van der Waals surface area contributed by atoms with Crippen molar-refractivity contribution in [3.05, 3.63) is 0 Å². The number of hydrogen-bond donors (Lipinski definition) is 0. The molecule has 18 heavy (non-hydrogen) atoms. The fourth-order valence-electron chi connectivity index (χ4n) is 1.67. The Morgan fingerprint density at radius 2 is 1.28 bits per heavy atom. The number of rotatable bonds is 7. The summed E-state index contributed by atoms with van der Waals surface area (Å²) in [5.74, 6) is 0. The molecule has 0 radical (unpaired) electrons. The van der Waals surface area contributed by atoms with Gasteiger partial charge in [0.05, 0.1) is 0 Å². The molecule has 0 N–H and O–H groups in total. The summed E-state index contributed by atoms with van der Waals surface area (Å²) in [7, 11) is 4.46. The second-order valence-electron chi connectivity index (χ2n) is 7.83. The molecule has 0 rings (SSSR count). The summed E-state index contributed by atoms with van der Waals surface area (Å²) in [6.07, 6.45) is 2.55. The van der Waals surface area contributed by atoms with Crippen LogP contribution in [0, 0.1) is 5.41 Å². The monoisotopic (exact) mass is 256 g/mol. The van der Waals surface area contributed by atoms with Gasteiger partial charge < -0.3 is 9.80 Å². The van der Waals surface area contributed by atoms with Crippen LogP contribution < -0.4 is 0 Å². The molecule has 110 valence electrons. The second kappa shape index (κ2) is 6.91. The summed E-state index contributed by atoms with van der Waals surface area (Å²) in [6.45, 7) is 18.6. The van der Waals surface area contributed by atoms with Crippen molar-refractivity contribution in [1.29, 1.82) is 0 Å². The minimum absolute atomic E-state index is 0.283. The lowest BCUT2D eigenvalue weighted by atomic mass is 9.85. The van der Waals surface area contributed by atoms with E-state index in [4.69, 9.17) is 0 Å². The third-order valence-corrected chi connectivity index (χ3v) is 4.29. The van der Waals surface area contributed by atoms with Crippen molar-refractivity contribution in [2.45, 2.75) is 72.9 Å². The summed E-state index contributed by atoms with van der Waals surface area (Å²) in [4.78, 5) is 4.90. The first-order valence-electron chi connectivity index (χ1n) is 7.37. The molecule has 0 aromatic heterocycles. The molecule has 0 aromatic carbocycles. The van der Waals surface area contributed by atoms with Crippen LogP contribution in [0.25, 0.3) is 0 Å². The van der Waals surface area contributed by atoms with E-state index >= 15 is 0 Å². The Morgan fingerprint density at radius 1 is 0.833 bits per heavy atom. The summed E-state index contributed by atoms with van der Waals surface area (Å²) in [5.41, 5.74) is 0.716. The zero-order valence-electron chi connectivity index (χ0n) is 14.3. The van der Waals surface area contributed by atoms with Crippen LogP contribution in [-0.4, -0.2) is 48.6 Å². The van der Waals surface area contributed by atoms with Crippen LogP contribution in [0.2, 0.25) is 0 Å². The predicted molar refractivity (Wildman–Crippen MR) is 83.2 cm³/mol. The van der Waals surface area contributed by atoms with Gasteiger partial charge in [-0.3, -0.25) is 0 Å². The highest BCUT2D eigenvalue weighted by molar-refractivity contribution is 4.77. The van der Waals surface area contributed by atoms with E-state index in [1.165, 1.54) is 25.9 Å². The first-order chi connectivity index (χ1) is 7.96. The van der Waals surface area contributed by atoms with Crippen LogP contribution in [-0.2, 0) is 0 Å². The van der Waals surface area contributed by atoms with E-state index in [9.17, 15) is 0 Å². The Hall–Kier alpha value is -0.0800.